The molecule has 1 fully saturated rings. The van der Waals surface area contributed by atoms with Crippen molar-refractivity contribution in [2.45, 2.75) is 53.0 Å². The Bertz CT molecular complexity index is 446. The van der Waals surface area contributed by atoms with E-state index >= 15 is 0 Å². The number of guanidine groups is 1. The van der Waals surface area contributed by atoms with Gasteiger partial charge in [-0.15, -0.1) is 0 Å². The highest BCUT2D eigenvalue weighted by Crippen LogP contribution is 2.46. The van der Waals surface area contributed by atoms with Gasteiger partial charge >= 0.3 is 0 Å². The lowest BCUT2D eigenvalue weighted by atomic mass is 9.64. The van der Waals surface area contributed by atoms with Crippen molar-refractivity contribution >= 4 is 5.96 Å². The van der Waals surface area contributed by atoms with E-state index < -0.39 is 0 Å². The van der Waals surface area contributed by atoms with Crippen molar-refractivity contribution in [2.24, 2.45) is 16.3 Å². The van der Waals surface area contributed by atoms with E-state index in [0.717, 1.165) is 38.1 Å². The van der Waals surface area contributed by atoms with Crippen LogP contribution in [0.4, 0.5) is 0 Å². The van der Waals surface area contributed by atoms with E-state index in [2.05, 4.69) is 36.5 Å². The van der Waals surface area contributed by atoms with Crippen LogP contribution in [0.15, 0.2) is 23.5 Å². The van der Waals surface area contributed by atoms with Crippen molar-refractivity contribution in [2.75, 3.05) is 19.6 Å². The fourth-order valence-corrected chi connectivity index (χ4v) is 3.28. The Hall–Kier alpha value is -1.52. The summed E-state index contributed by atoms with van der Waals surface area (Å²) in [5.74, 6) is 1.69. The van der Waals surface area contributed by atoms with E-state index in [4.69, 9.17) is 4.99 Å². The molecule has 2 N–H and O–H groups in total. The van der Waals surface area contributed by atoms with Crippen LogP contribution in [0, 0.1) is 11.3 Å². The zero-order chi connectivity index (χ0) is 15.8. The molecule has 0 saturated heterocycles. The highest BCUT2D eigenvalue weighted by molar-refractivity contribution is 5.79. The van der Waals surface area contributed by atoms with Gasteiger partial charge in [-0.2, -0.15) is 5.10 Å². The quantitative estimate of drug-likeness (QED) is 0.573. The molecule has 0 atom stereocenters. The molecule has 0 aliphatic heterocycles. The monoisotopic (exact) mass is 305 g/mol. The SMILES string of the molecule is CCNC(=NCC1(CC(C)C)CCC1)NCCn1cccn1. The first kappa shape index (κ1) is 16.8. The predicted octanol–water partition coefficient (Wildman–Crippen LogP) is 2.65. The molecule has 0 unspecified atom stereocenters. The van der Waals surface area contributed by atoms with Crippen LogP contribution in [-0.2, 0) is 6.54 Å². The van der Waals surface area contributed by atoms with Crippen LogP contribution in [0.25, 0.3) is 0 Å². The van der Waals surface area contributed by atoms with Crippen molar-refractivity contribution in [3.8, 4) is 0 Å². The lowest BCUT2D eigenvalue weighted by molar-refractivity contribution is 0.111. The molecule has 22 heavy (non-hydrogen) atoms. The number of hydrogen-bond donors (Lipinski definition) is 2. The van der Waals surface area contributed by atoms with Crippen molar-refractivity contribution in [1.82, 2.24) is 20.4 Å². The number of rotatable bonds is 8. The van der Waals surface area contributed by atoms with E-state index in [9.17, 15) is 0 Å². The third-order valence-electron chi connectivity index (χ3n) is 4.36. The Morgan fingerprint density at radius 2 is 2.18 bits per heavy atom. The van der Waals surface area contributed by atoms with Crippen LogP contribution < -0.4 is 10.6 Å². The van der Waals surface area contributed by atoms with Crippen LogP contribution in [0.1, 0.15) is 46.5 Å². The Balaban J connectivity index is 1.83. The van der Waals surface area contributed by atoms with Gasteiger partial charge in [-0.05, 0) is 43.6 Å². The fourth-order valence-electron chi connectivity index (χ4n) is 3.28. The van der Waals surface area contributed by atoms with E-state index in [-0.39, 0.29) is 0 Å². The van der Waals surface area contributed by atoms with Gasteiger partial charge in [-0.25, -0.2) is 0 Å². The minimum Gasteiger partial charge on any atom is -0.357 e. The maximum Gasteiger partial charge on any atom is 0.191 e. The average molecular weight is 305 g/mol. The summed E-state index contributed by atoms with van der Waals surface area (Å²) in [5, 5.41) is 11.0. The summed E-state index contributed by atoms with van der Waals surface area (Å²) >= 11 is 0. The van der Waals surface area contributed by atoms with Gasteiger partial charge in [0.15, 0.2) is 5.96 Å². The van der Waals surface area contributed by atoms with Crippen molar-refractivity contribution in [1.29, 1.82) is 0 Å². The Morgan fingerprint density at radius 1 is 1.36 bits per heavy atom. The molecule has 5 heteroatoms. The van der Waals surface area contributed by atoms with E-state index in [0.29, 0.717) is 5.41 Å². The lowest BCUT2D eigenvalue weighted by Crippen LogP contribution is -2.41. The second kappa shape index (κ2) is 8.20. The molecular weight excluding hydrogens is 274 g/mol. The molecule has 5 nitrogen and oxygen atoms in total. The molecule has 0 bridgehead atoms. The molecule has 0 radical (unpaired) electrons. The molecule has 1 aliphatic carbocycles. The van der Waals surface area contributed by atoms with E-state index in [1.807, 2.05) is 23.1 Å². The smallest absolute Gasteiger partial charge is 0.191 e. The summed E-state index contributed by atoms with van der Waals surface area (Å²) in [7, 11) is 0. The van der Waals surface area contributed by atoms with Crippen molar-refractivity contribution in [3.05, 3.63) is 18.5 Å². The van der Waals surface area contributed by atoms with Crippen molar-refractivity contribution in [3.63, 3.8) is 0 Å². The molecular formula is C17H31N5. The third-order valence-corrected chi connectivity index (χ3v) is 4.36. The van der Waals surface area contributed by atoms with Crippen LogP contribution in [0.5, 0.6) is 0 Å². The first-order chi connectivity index (χ1) is 10.6. The van der Waals surface area contributed by atoms with E-state index in [1.165, 1.54) is 25.7 Å². The summed E-state index contributed by atoms with van der Waals surface area (Å²) in [6, 6.07) is 1.95. The molecule has 2 rings (SSSR count). The lowest BCUT2D eigenvalue weighted by Gasteiger charge is -2.42. The maximum atomic E-state index is 4.84. The first-order valence-corrected chi connectivity index (χ1v) is 8.63. The average Bonchev–Trinajstić information content (AvgIpc) is 2.94. The fraction of sp³-hybridized carbons (Fsp3) is 0.765. The predicted molar refractivity (Wildman–Crippen MR) is 91.9 cm³/mol. The Kier molecular flexibility index (Phi) is 6.28. The van der Waals surface area contributed by atoms with Gasteiger partial charge in [0.2, 0.25) is 0 Å². The molecule has 0 amide bonds. The topological polar surface area (TPSA) is 54.2 Å². The standard InChI is InChI=1S/C17H31N5/c1-4-18-16(19-10-12-22-11-6-9-21-22)20-14-17(7-5-8-17)13-15(2)3/h6,9,11,15H,4-5,7-8,10,12-14H2,1-3H3,(H2,18,19,20). The highest BCUT2D eigenvalue weighted by Gasteiger charge is 2.37. The number of aliphatic imine (C=N–C) groups is 1. The number of nitrogens with one attached hydrogen (secondary N) is 2. The number of nitrogens with zero attached hydrogens (tertiary/aromatic N) is 3. The van der Waals surface area contributed by atoms with Gasteiger partial charge in [0.1, 0.15) is 0 Å². The molecule has 0 spiro atoms. The van der Waals surface area contributed by atoms with Gasteiger partial charge in [0, 0.05) is 32.0 Å². The number of hydrogen-bond acceptors (Lipinski definition) is 2. The van der Waals surface area contributed by atoms with Gasteiger partial charge in [0.05, 0.1) is 6.54 Å². The largest absolute Gasteiger partial charge is 0.357 e. The molecule has 124 valence electrons. The highest BCUT2D eigenvalue weighted by atomic mass is 15.3. The normalized spacial score (nSPS) is 17.4. The zero-order valence-electron chi connectivity index (χ0n) is 14.3. The summed E-state index contributed by atoms with van der Waals surface area (Å²) < 4.78 is 1.93. The van der Waals surface area contributed by atoms with Crippen LogP contribution in [0.2, 0.25) is 0 Å². The summed E-state index contributed by atoms with van der Waals surface area (Å²) in [6.07, 6.45) is 9.13. The van der Waals surface area contributed by atoms with Crippen LogP contribution >= 0.6 is 0 Å². The van der Waals surface area contributed by atoms with E-state index in [1.54, 1.807) is 0 Å². The number of aromatic nitrogens is 2. The van der Waals surface area contributed by atoms with Gasteiger partial charge in [-0.1, -0.05) is 20.3 Å². The second-order valence-corrected chi connectivity index (χ2v) is 6.84. The molecule has 1 heterocycles. The molecule has 1 saturated carbocycles. The minimum absolute atomic E-state index is 0.457. The van der Waals surface area contributed by atoms with Crippen LogP contribution in [0.3, 0.4) is 0 Å². The molecule has 1 aliphatic rings. The molecule has 1 aromatic heterocycles. The van der Waals surface area contributed by atoms with Gasteiger partial charge < -0.3 is 10.6 Å². The van der Waals surface area contributed by atoms with Crippen molar-refractivity contribution < 1.29 is 0 Å². The Labute approximate surface area is 134 Å². The molecule has 0 aromatic carbocycles. The Morgan fingerprint density at radius 3 is 2.73 bits per heavy atom. The van der Waals surface area contributed by atoms with Crippen LogP contribution in [-0.4, -0.2) is 35.4 Å². The summed E-state index contributed by atoms with van der Waals surface area (Å²) in [4.78, 5) is 4.84. The zero-order valence-corrected chi connectivity index (χ0v) is 14.3. The first-order valence-electron chi connectivity index (χ1n) is 8.63. The third kappa shape index (κ3) is 5.04. The second-order valence-electron chi connectivity index (χ2n) is 6.84. The maximum absolute atomic E-state index is 4.84. The minimum atomic E-state index is 0.457. The summed E-state index contributed by atoms with van der Waals surface area (Å²) in [5.41, 5.74) is 0.457. The van der Waals surface area contributed by atoms with Gasteiger partial charge in [-0.3, -0.25) is 9.67 Å². The van der Waals surface area contributed by atoms with Gasteiger partial charge in [0.25, 0.3) is 0 Å². The summed E-state index contributed by atoms with van der Waals surface area (Å²) in [6.45, 7) is 10.3. The molecule has 1 aromatic rings.